The summed E-state index contributed by atoms with van der Waals surface area (Å²) >= 11 is 0. The van der Waals surface area contributed by atoms with Gasteiger partial charge in [0.05, 0.1) is 24.9 Å². The van der Waals surface area contributed by atoms with E-state index in [-0.39, 0.29) is 5.91 Å². The summed E-state index contributed by atoms with van der Waals surface area (Å²) in [6, 6.07) is 13.3. The monoisotopic (exact) mass is 295 g/mol. The summed E-state index contributed by atoms with van der Waals surface area (Å²) in [7, 11) is 3.49. The van der Waals surface area contributed by atoms with Gasteiger partial charge in [0.25, 0.3) is 5.91 Å². The SMILES string of the molecule is COc1cccc2cc(C(=O)NCc3ccccn3)n(C)c12. The standard InChI is InChI=1S/C17H17N3O2/c1-20-14(10-12-6-5-8-15(22-2)16(12)20)17(21)19-11-13-7-3-4-9-18-13/h3-10H,11H2,1-2H3,(H,19,21). The second-order valence-electron chi connectivity index (χ2n) is 4.99. The summed E-state index contributed by atoms with van der Waals surface area (Å²) < 4.78 is 7.22. The number of benzene rings is 1. The number of pyridine rings is 1. The minimum absolute atomic E-state index is 0.133. The van der Waals surface area contributed by atoms with Crippen molar-refractivity contribution in [1.29, 1.82) is 0 Å². The second-order valence-corrected chi connectivity index (χ2v) is 4.99. The Kier molecular flexibility index (Phi) is 3.78. The minimum atomic E-state index is -0.133. The van der Waals surface area contributed by atoms with Crippen LogP contribution < -0.4 is 10.1 Å². The molecule has 0 saturated heterocycles. The smallest absolute Gasteiger partial charge is 0.268 e. The lowest BCUT2D eigenvalue weighted by atomic mass is 10.2. The first-order chi connectivity index (χ1) is 10.7. The lowest BCUT2D eigenvalue weighted by Gasteiger charge is -2.08. The Hall–Kier alpha value is -2.82. The summed E-state index contributed by atoms with van der Waals surface area (Å²) in [6.45, 7) is 0.401. The fourth-order valence-electron chi connectivity index (χ4n) is 2.53. The van der Waals surface area contributed by atoms with E-state index < -0.39 is 0 Å². The van der Waals surface area contributed by atoms with Crippen molar-refractivity contribution < 1.29 is 9.53 Å². The van der Waals surface area contributed by atoms with Crippen LogP contribution in [0.3, 0.4) is 0 Å². The fraction of sp³-hybridized carbons (Fsp3) is 0.176. The average Bonchev–Trinajstić information content (AvgIpc) is 2.91. The largest absolute Gasteiger partial charge is 0.495 e. The molecule has 0 atom stereocenters. The van der Waals surface area contributed by atoms with Crippen LogP contribution in [0, 0.1) is 0 Å². The van der Waals surface area contributed by atoms with E-state index in [1.807, 2.05) is 54.1 Å². The van der Waals surface area contributed by atoms with Crippen molar-refractivity contribution in [3.8, 4) is 5.75 Å². The summed E-state index contributed by atoms with van der Waals surface area (Å²) in [4.78, 5) is 16.6. The molecule has 22 heavy (non-hydrogen) atoms. The molecule has 1 aromatic carbocycles. The highest BCUT2D eigenvalue weighted by Gasteiger charge is 2.15. The molecule has 112 valence electrons. The van der Waals surface area contributed by atoms with Crippen LogP contribution in [-0.4, -0.2) is 22.6 Å². The number of carbonyl (C=O) groups excluding carboxylic acids is 1. The van der Waals surface area contributed by atoms with E-state index in [0.29, 0.717) is 12.2 Å². The number of nitrogens with one attached hydrogen (secondary N) is 1. The first kappa shape index (κ1) is 14.1. The number of para-hydroxylation sites is 1. The van der Waals surface area contributed by atoms with Crippen molar-refractivity contribution in [2.45, 2.75) is 6.54 Å². The molecule has 5 heteroatoms. The highest BCUT2D eigenvalue weighted by atomic mass is 16.5. The third-order valence-corrected chi connectivity index (χ3v) is 3.63. The highest BCUT2D eigenvalue weighted by Crippen LogP contribution is 2.27. The molecule has 0 aliphatic rings. The van der Waals surface area contributed by atoms with Crippen LogP contribution >= 0.6 is 0 Å². The Morgan fingerprint density at radius 2 is 2.14 bits per heavy atom. The minimum Gasteiger partial charge on any atom is -0.495 e. The molecular weight excluding hydrogens is 278 g/mol. The van der Waals surface area contributed by atoms with Gasteiger partial charge >= 0.3 is 0 Å². The van der Waals surface area contributed by atoms with Crippen LogP contribution in [0.4, 0.5) is 0 Å². The van der Waals surface area contributed by atoms with E-state index in [1.54, 1.807) is 13.3 Å². The third-order valence-electron chi connectivity index (χ3n) is 3.63. The third kappa shape index (κ3) is 2.53. The van der Waals surface area contributed by atoms with Gasteiger partial charge in [-0.05, 0) is 24.3 Å². The van der Waals surface area contributed by atoms with E-state index in [1.165, 1.54) is 0 Å². The number of methoxy groups -OCH3 is 1. The van der Waals surface area contributed by atoms with Crippen LogP contribution in [0.15, 0.2) is 48.7 Å². The predicted octanol–water partition coefficient (Wildman–Crippen LogP) is 2.51. The first-order valence-electron chi connectivity index (χ1n) is 7.01. The number of aryl methyl sites for hydroxylation is 1. The molecule has 0 bridgehead atoms. The van der Waals surface area contributed by atoms with E-state index in [2.05, 4.69) is 10.3 Å². The first-order valence-corrected chi connectivity index (χ1v) is 7.01. The maximum atomic E-state index is 12.4. The highest BCUT2D eigenvalue weighted by molar-refractivity contribution is 6.00. The number of amides is 1. The zero-order chi connectivity index (χ0) is 15.5. The van der Waals surface area contributed by atoms with Crippen LogP contribution in [0.5, 0.6) is 5.75 Å². The fourth-order valence-corrected chi connectivity index (χ4v) is 2.53. The number of aromatic nitrogens is 2. The molecular formula is C17H17N3O2. The van der Waals surface area contributed by atoms with Crippen molar-refractivity contribution in [3.63, 3.8) is 0 Å². The molecule has 0 radical (unpaired) electrons. The summed E-state index contributed by atoms with van der Waals surface area (Å²) in [5.41, 5.74) is 2.33. The number of rotatable bonds is 4. The van der Waals surface area contributed by atoms with Crippen LogP contribution in [-0.2, 0) is 13.6 Å². The Morgan fingerprint density at radius 1 is 1.27 bits per heavy atom. The molecule has 0 spiro atoms. The average molecular weight is 295 g/mol. The summed E-state index contributed by atoms with van der Waals surface area (Å²) in [5, 5.41) is 3.87. The van der Waals surface area contributed by atoms with Gasteiger partial charge in [0, 0.05) is 18.6 Å². The number of nitrogens with zero attached hydrogens (tertiary/aromatic N) is 2. The molecule has 0 aliphatic carbocycles. The van der Waals surface area contributed by atoms with Gasteiger partial charge in [-0.3, -0.25) is 9.78 Å². The van der Waals surface area contributed by atoms with Gasteiger partial charge in [0.2, 0.25) is 0 Å². The molecule has 3 rings (SSSR count). The van der Waals surface area contributed by atoms with Crippen molar-refractivity contribution >= 4 is 16.8 Å². The molecule has 3 aromatic rings. The summed E-state index contributed by atoms with van der Waals surface area (Å²) in [5.74, 6) is 0.621. The van der Waals surface area contributed by atoms with Gasteiger partial charge in [0.15, 0.2) is 0 Å². The number of hydrogen-bond donors (Lipinski definition) is 1. The van der Waals surface area contributed by atoms with E-state index >= 15 is 0 Å². The molecule has 2 aromatic heterocycles. The zero-order valence-electron chi connectivity index (χ0n) is 12.5. The van der Waals surface area contributed by atoms with Gasteiger partial charge < -0.3 is 14.6 Å². The zero-order valence-corrected chi connectivity index (χ0v) is 12.5. The molecule has 5 nitrogen and oxygen atoms in total. The Balaban J connectivity index is 1.87. The normalized spacial score (nSPS) is 10.6. The molecule has 0 aliphatic heterocycles. The number of hydrogen-bond acceptors (Lipinski definition) is 3. The molecule has 1 amide bonds. The maximum Gasteiger partial charge on any atom is 0.268 e. The molecule has 1 N–H and O–H groups in total. The van der Waals surface area contributed by atoms with Crippen LogP contribution in [0.1, 0.15) is 16.2 Å². The van der Waals surface area contributed by atoms with Crippen LogP contribution in [0.25, 0.3) is 10.9 Å². The van der Waals surface area contributed by atoms with Crippen molar-refractivity contribution in [1.82, 2.24) is 14.9 Å². The Labute approximate surface area is 128 Å². The van der Waals surface area contributed by atoms with E-state index in [9.17, 15) is 4.79 Å². The van der Waals surface area contributed by atoms with Crippen molar-refractivity contribution in [2.24, 2.45) is 7.05 Å². The van der Waals surface area contributed by atoms with Gasteiger partial charge in [-0.25, -0.2) is 0 Å². The quantitative estimate of drug-likeness (QED) is 0.804. The lowest BCUT2D eigenvalue weighted by molar-refractivity contribution is 0.0942. The van der Waals surface area contributed by atoms with Gasteiger partial charge in [0.1, 0.15) is 11.4 Å². The molecule has 2 heterocycles. The van der Waals surface area contributed by atoms with E-state index in [4.69, 9.17) is 4.74 Å². The Bertz CT molecular complexity index is 809. The topological polar surface area (TPSA) is 56.1 Å². The number of fused-ring (bicyclic) bond motifs is 1. The number of ether oxygens (including phenoxy) is 1. The predicted molar refractivity (Wildman–Crippen MR) is 84.9 cm³/mol. The van der Waals surface area contributed by atoms with Crippen molar-refractivity contribution in [2.75, 3.05) is 7.11 Å². The van der Waals surface area contributed by atoms with Crippen LogP contribution in [0.2, 0.25) is 0 Å². The van der Waals surface area contributed by atoms with Crippen molar-refractivity contribution in [3.05, 3.63) is 60.0 Å². The Morgan fingerprint density at radius 3 is 2.86 bits per heavy atom. The second kappa shape index (κ2) is 5.89. The van der Waals surface area contributed by atoms with Gasteiger partial charge in [-0.2, -0.15) is 0 Å². The van der Waals surface area contributed by atoms with Gasteiger partial charge in [-0.15, -0.1) is 0 Å². The molecule has 0 saturated carbocycles. The number of carbonyl (C=O) groups is 1. The molecule has 0 fully saturated rings. The molecule has 0 unspecified atom stereocenters. The van der Waals surface area contributed by atoms with E-state index in [0.717, 1.165) is 22.3 Å². The van der Waals surface area contributed by atoms with Gasteiger partial charge in [-0.1, -0.05) is 18.2 Å². The lowest BCUT2D eigenvalue weighted by Crippen LogP contribution is -2.25. The maximum absolute atomic E-state index is 12.4. The summed E-state index contributed by atoms with van der Waals surface area (Å²) in [6.07, 6.45) is 1.71.